The number of nitrogens with two attached hydrogens (primary N) is 1. The number of nitrogens with zero attached hydrogens (tertiary/aromatic N) is 1. The van der Waals surface area contributed by atoms with Crippen LogP contribution in [0.1, 0.15) is 30.6 Å². The molecule has 0 saturated heterocycles. The van der Waals surface area contributed by atoms with E-state index in [1.54, 1.807) is 11.3 Å². The van der Waals surface area contributed by atoms with Crippen LogP contribution in [-0.4, -0.2) is 24.0 Å². The summed E-state index contributed by atoms with van der Waals surface area (Å²) in [6.07, 6.45) is 4.91. The Kier molecular flexibility index (Phi) is 3.90. The molecule has 0 aromatic carbocycles. The van der Waals surface area contributed by atoms with Crippen LogP contribution in [0.2, 0.25) is 4.34 Å². The second-order valence-corrected chi connectivity index (χ2v) is 6.75. The molecule has 1 aromatic rings. The van der Waals surface area contributed by atoms with Gasteiger partial charge in [-0.15, -0.1) is 11.3 Å². The van der Waals surface area contributed by atoms with Gasteiger partial charge < -0.3 is 5.73 Å². The molecule has 2 rings (SSSR count). The molecule has 2 N–H and O–H groups in total. The van der Waals surface area contributed by atoms with Crippen molar-refractivity contribution in [2.75, 3.05) is 13.6 Å². The molecule has 2 nitrogen and oxygen atoms in total. The van der Waals surface area contributed by atoms with Crippen molar-refractivity contribution in [2.45, 2.75) is 37.8 Å². The zero-order chi connectivity index (χ0) is 11.6. The summed E-state index contributed by atoms with van der Waals surface area (Å²) in [5.74, 6) is 0. The highest BCUT2D eigenvalue weighted by molar-refractivity contribution is 7.16. The summed E-state index contributed by atoms with van der Waals surface area (Å²) in [5, 5.41) is 0. The molecular formula is C12H19ClN2S. The Bertz CT molecular complexity index is 345. The van der Waals surface area contributed by atoms with E-state index >= 15 is 0 Å². The summed E-state index contributed by atoms with van der Waals surface area (Å²) < 4.78 is 0.867. The van der Waals surface area contributed by atoms with Crippen LogP contribution in [0.4, 0.5) is 0 Å². The van der Waals surface area contributed by atoms with Crippen LogP contribution in [0.3, 0.4) is 0 Å². The molecule has 0 amide bonds. The van der Waals surface area contributed by atoms with Gasteiger partial charge >= 0.3 is 0 Å². The first-order valence-electron chi connectivity index (χ1n) is 5.79. The average Bonchev–Trinajstić information content (AvgIpc) is 2.75. The van der Waals surface area contributed by atoms with E-state index < -0.39 is 0 Å². The quantitative estimate of drug-likeness (QED) is 0.899. The molecule has 1 aliphatic rings. The van der Waals surface area contributed by atoms with E-state index in [1.165, 1.54) is 30.6 Å². The van der Waals surface area contributed by atoms with Crippen molar-refractivity contribution in [2.24, 2.45) is 5.73 Å². The fourth-order valence-electron chi connectivity index (χ4n) is 2.53. The summed E-state index contributed by atoms with van der Waals surface area (Å²) in [6, 6.07) is 4.06. The van der Waals surface area contributed by atoms with Gasteiger partial charge in [0.2, 0.25) is 0 Å². The topological polar surface area (TPSA) is 29.3 Å². The molecule has 4 heteroatoms. The average molecular weight is 259 g/mol. The minimum Gasteiger partial charge on any atom is -0.324 e. The number of thiophene rings is 1. The first kappa shape index (κ1) is 12.4. The van der Waals surface area contributed by atoms with Crippen molar-refractivity contribution in [3.63, 3.8) is 0 Å². The number of hydrogen-bond acceptors (Lipinski definition) is 3. The molecule has 1 aliphatic carbocycles. The Labute approximate surface area is 106 Å². The summed E-state index contributed by atoms with van der Waals surface area (Å²) >= 11 is 7.57. The maximum absolute atomic E-state index is 6.35. The first-order chi connectivity index (χ1) is 7.57. The lowest BCUT2D eigenvalue weighted by atomic mass is 9.99. The van der Waals surface area contributed by atoms with Gasteiger partial charge in [0, 0.05) is 23.5 Å². The lowest BCUT2D eigenvalue weighted by Gasteiger charge is -2.29. The summed E-state index contributed by atoms with van der Waals surface area (Å²) in [5.41, 5.74) is 6.41. The van der Waals surface area contributed by atoms with Crippen molar-refractivity contribution in [3.05, 3.63) is 21.3 Å². The van der Waals surface area contributed by atoms with Crippen LogP contribution in [0.15, 0.2) is 12.1 Å². The lowest BCUT2D eigenvalue weighted by Crippen LogP contribution is -2.46. The van der Waals surface area contributed by atoms with Crippen molar-refractivity contribution in [1.82, 2.24) is 4.90 Å². The lowest BCUT2D eigenvalue weighted by molar-refractivity contribution is 0.243. The van der Waals surface area contributed by atoms with Gasteiger partial charge in [-0.25, -0.2) is 0 Å². The summed E-state index contributed by atoms with van der Waals surface area (Å²) in [7, 11) is 2.14. The Balaban J connectivity index is 1.86. The van der Waals surface area contributed by atoms with E-state index in [9.17, 15) is 0 Å². The van der Waals surface area contributed by atoms with Crippen LogP contribution in [0, 0.1) is 0 Å². The molecule has 0 atom stereocenters. The van der Waals surface area contributed by atoms with Gasteiger partial charge in [0.1, 0.15) is 0 Å². The number of rotatable bonds is 4. The molecule has 0 spiro atoms. The molecule has 0 radical (unpaired) electrons. The smallest absolute Gasteiger partial charge is 0.0931 e. The molecule has 1 fully saturated rings. The van der Waals surface area contributed by atoms with E-state index in [1.807, 2.05) is 6.07 Å². The van der Waals surface area contributed by atoms with E-state index in [0.717, 1.165) is 17.4 Å². The SMILES string of the molecule is CN(Cc1ccc(Cl)s1)CC1(N)CCCC1. The van der Waals surface area contributed by atoms with Crippen molar-refractivity contribution in [3.8, 4) is 0 Å². The van der Waals surface area contributed by atoms with Gasteiger partial charge in [-0.05, 0) is 32.0 Å². The minimum absolute atomic E-state index is 0.0514. The van der Waals surface area contributed by atoms with Gasteiger partial charge in [0.15, 0.2) is 0 Å². The highest BCUT2D eigenvalue weighted by Gasteiger charge is 2.30. The zero-order valence-electron chi connectivity index (χ0n) is 9.71. The first-order valence-corrected chi connectivity index (χ1v) is 6.98. The van der Waals surface area contributed by atoms with Gasteiger partial charge in [-0.1, -0.05) is 24.4 Å². The number of likely N-dealkylation sites (N-methyl/N-ethyl adjacent to an activating group) is 1. The van der Waals surface area contributed by atoms with E-state index in [2.05, 4.69) is 18.0 Å². The van der Waals surface area contributed by atoms with E-state index in [-0.39, 0.29) is 5.54 Å². The second-order valence-electron chi connectivity index (χ2n) is 4.95. The van der Waals surface area contributed by atoms with E-state index in [4.69, 9.17) is 17.3 Å². The zero-order valence-corrected chi connectivity index (χ0v) is 11.3. The predicted molar refractivity (Wildman–Crippen MR) is 71.0 cm³/mol. The van der Waals surface area contributed by atoms with Crippen molar-refractivity contribution < 1.29 is 0 Å². The van der Waals surface area contributed by atoms with E-state index in [0.29, 0.717) is 0 Å². The number of hydrogen-bond donors (Lipinski definition) is 1. The molecule has 1 heterocycles. The Morgan fingerprint density at radius 3 is 2.69 bits per heavy atom. The van der Waals surface area contributed by atoms with Crippen LogP contribution in [0.25, 0.3) is 0 Å². The minimum atomic E-state index is 0.0514. The third-order valence-corrected chi connectivity index (χ3v) is 4.45. The highest BCUT2D eigenvalue weighted by Crippen LogP contribution is 2.29. The Hall–Kier alpha value is -0.0900. The third-order valence-electron chi connectivity index (χ3n) is 3.24. The molecule has 90 valence electrons. The molecule has 1 aromatic heterocycles. The van der Waals surface area contributed by atoms with Crippen LogP contribution in [0.5, 0.6) is 0 Å². The number of halogens is 1. The fraction of sp³-hybridized carbons (Fsp3) is 0.667. The maximum Gasteiger partial charge on any atom is 0.0931 e. The molecule has 0 aliphatic heterocycles. The fourth-order valence-corrected chi connectivity index (χ4v) is 3.70. The highest BCUT2D eigenvalue weighted by atomic mass is 35.5. The normalized spacial score (nSPS) is 19.5. The monoisotopic (exact) mass is 258 g/mol. The standard InChI is InChI=1S/C12H19ClN2S/c1-15(8-10-4-5-11(13)16-10)9-12(14)6-2-3-7-12/h4-5H,2-3,6-9,14H2,1H3. The molecule has 0 unspecified atom stereocenters. The molecule has 1 saturated carbocycles. The van der Waals surface area contributed by atoms with Gasteiger partial charge in [0.25, 0.3) is 0 Å². The van der Waals surface area contributed by atoms with Crippen LogP contribution >= 0.6 is 22.9 Å². The van der Waals surface area contributed by atoms with Crippen LogP contribution in [-0.2, 0) is 6.54 Å². The Morgan fingerprint density at radius 2 is 2.12 bits per heavy atom. The van der Waals surface area contributed by atoms with Crippen molar-refractivity contribution >= 4 is 22.9 Å². The van der Waals surface area contributed by atoms with Crippen LogP contribution < -0.4 is 5.73 Å². The largest absolute Gasteiger partial charge is 0.324 e. The Morgan fingerprint density at radius 1 is 1.44 bits per heavy atom. The predicted octanol–water partition coefficient (Wildman–Crippen LogP) is 3.10. The molecule has 0 bridgehead atoms. The third kappa shape index (κ3) is 3.20. The van der Waals surface area contributed by atoms with Gasteiger partial charge in [0.05, 0.1) is 4.34 Å². The van der Waals surface area contributed by atoms with Crippen molar-refractivity contribution in [1.29, 1.82) is 0 Å². The summed E-state index contributed by atoms with van der Waals surface area (Å²) in [6.45, 7) is 1.94. The maximum atomic E-state index is 6.35. The second kappa shape index (κ2) is 5.05. The van der Waals surface area contributed by atoms with Gasteiger partial charge in [-0.3, -0.25) is 4.90 Å². The van der Waals surface area contributed by atoms with Gasteiger partial charge in [-0.2, -0.15) is 0 Å². The summed E-state index contributed by atoms with van der Waals surface area (Å²) in [4.78, 5) is 3.63. The molecule has 16 heavy (non-hydrogen) atoms. The molecular weight excluding hydrogens is 240 g/mol.